The highest BCUT2D eigenvalue weighted by molar-refractivity contribution is 7.08. The third-order valence-corrected chi connectivity index (χ3v) is 2.95. The van der Waals surface area contributed by atoms with Crippen molar-refractivity contribution in [1.82, 2.24) is 0 Å². The predicted molar refractivity (Wildman–Crippen MR) is 67.4 cm³/mol. The largest absolute Gasteiger partial charge is 0.508 e. The minimum Gasteiger partial charge on any atom is -0.508 e. The number of hydrogen-bond acceptors (Lipinski definition) is 4. The molecule has 0 unspecified atom stereocenters. The zero-order valence-electron chi connectivity index (χ0n) is 8.33. The van der Waals surface area contributed by atoms with E-state index in [0.717, 1.165) is 5.56 Å². The van der Waals surface area contributed by atoms with Crippen LogP contribution in [0.15, 0.2) is 35.0 Å². The average molecular weight is 258 g/mol. The fourth-order valence-electron chi connectivity index (χ4n) is 1.42. The van der Waals surface area contributed by atoms with Gasteiger partial charge in [-0.3, -0.25) is 0 Å². The second kappa shape index (κ2) is 5.21. The number of halogens is 1. The van der Waals surface area contributed by atoms with Gasteiger partial charge in [0.2, 0.25) is 0 Å². The molecule has 1 heterocycles. The predicted octanol–water partition coefficient (Wildman–Crippen LogP) is 2.63. The van der Waals surface area contributed by atoms with Crippen LogP contribution in [0.5, 0.6) is 11.5 Å². The Labute approximate surface area is 104 Å². The van der Waals surface area contributed by atoms with Crippen LogP contribution in [0.25, 0.3) is 0 Å². The van der Waals surface area contributed by atoms with Crippen molar-refractivity contribution < 1.29 is 10.2 Å². The molecule has 0 spiro atoms. The van der Waals surface area contributed by atoms with Crippen LogP contribution in [0, 0.1) is 0 Å². The van der Waals surface area contributed by atoms with Gasteiger partial charge in [0, 0.05) is 5.56 Å². The Morgan fingerprint density at radius 1 is 1.19 bits per heavy atom. The Bertz CT molecular complexity index is 459. The van der Waals surface area contributed by atoms with Crippen molar-refractivity contribution in [2.45, 2.75) is 6.04 Å². The van der Waals surface area contributed by atoms with Gasteiger partial charge in [-0.2, -0.15) is 11.3 Å². The molecule has 2 rings (SSSR count). The molecule has 4 N–H and O–H groups in total. The second-order valence-electron chi connectivity index (χ2n) is 3.28. The van der Waals surface area contributed by atoms with Gasteiger partial charge in [0.05, 0.1) is 6.04 Å². The van der Waals surface area contributed by atoms with Gasteiger partial charge in [0.15, 0.2) is 0 Å². The lowest BCUT2D eigenvalue weighted by Crippen LogP contribution is -2.10. The molecule has 0 saturated heterocycles. The zero-order valence-corrected chi connectivity index (χ0v) is 9.96. The van der Waals surface area contributed by atoms with Gasteiger partial charge in [-0.25, -0.2) is 0 Å². The topological polar surface area (TPSA) is 66.5 Å². The summed E-state index contributed by atoms with van der Waals surface area (Å²) in [7, 11) is 0. The summed E-state index contributed by atoms with van der Waals surface area (Å²) in [6, 6.07) is 5.86. The molecule has 5 heteroatoms. The first-order chi connectivity index (χ1) is 7.18. The molecule has 0 fully saturated rings. The Balaban J connectivity index is 0.00000128. The molecule has 86 valence electrons. The van der Waals surface area contributed by atoms with E-state index in [-0.39, 0.29) is 23.9 Å². The number of rotatable bonds is 2. The minimum atomic E-state index is -0.400. The van der Waals surface area contributed by atoms with Gasteiger partial charge >= 0.3 is 0 Å². The van der Waals surface area contributed by atoms with Crippen molar-refractivity contribution in [3.05, 3.63) is 46.2 Å². The lowest BCUT2D eigenvalue weighted by molar-refractivity contribution is 0.451. The van der Waals surface area contributed by atoms with Gasteiger partial charge in [-0.05, 0) is 40.6 Å². The maximum Gasteiger partial charge on any atom is 0.120 e. The number of hydrogen-bond donors (Lipinski definition) is 3. The van der Waals surface area contributed by atoms with Crippen molar-refractivity contribution in [2.75, 3.05) is 0 Å². The Kier molecular flexibility index (Phi) is 4.18. The summed E-state index contributed by atoms with van der Waals surface area (Å²) in [6.45, 7) is 0. The molecule has 0 bridgehead atoms. The molecule has 16 heavy (non-hydrogen) atoms. The molecule has 2 aromatic rings. The number of aromatic hydroxyl groups is 2. The zero-order chi connectivity index (χ0) is 10.8. The fraction of sp³-hybridized carbons (Fsp3) is 0.0909. The third kappa shape index (κ3) is 2.47. The molecule has 0 radical (unpaired) electrons. The number of phenolic OH excluding ortho intramolecular Hbond substituents is 2. The molecule has 0 saturated carbocycles. The summed E-state index contributed by atoms with van der Waals surface area (Å²) >= 11 is 1.55. The molecular formula is C11H12ClNO2S. The van der Waals surface area contributed by atoms with Crippen molar-refractivity contribution in [2.24, 2.45) is 5.73 Å². The smallest absolute Gasteiger partial charge is 0.120 e. The number of nitrogens with two attached hydrogens (primary N) is 1. The van der Waals surface area contributed by atoms with Crippen LogP contribution < -0.4 is 5.73 Å². The summed E-state index contributed by atoms with van der Waals surface area (Å²) in [5, 5.41) is 22.8. The normalized spacial score (nSPS) is 11.8. The Hall–Kier alpha value is -1.23. The molecule has 1 aromatic heterocycles. The molecule has 1 atom stereocenters. The standard InChI is InChI=1S/C11H11NO2S.ClH/c12-11(7-3-4-15-6-7)9-5-8(13)1-2-10(9)14;/h1-6,11,13-14H,12H2;1H/t11-;/m0./s1. The quantitative estimate of drug-likeness (QED) is 0.725. The molecule has 0 aliphatic rings. The minimum absolute atomic E-state index is 0. The molecular weight excluding hydrogens is 246 g/mol. The van der Waals surface area contributed by atoms with Crippen LogP contribution in [0.1, 0.15) is 17.2 Å². The SMILES string of the molecule is Cl.N[C@@H](c1ccsc1)c1cc(O)ccc1O. The van der Waals surface area contributed by atoms with Crippen molar-refractivity contribution in [3.63, 3.8) is 0 Å². The van der Waals surface area contributed by atoms with E-state index in [1.807, 2.05) is 16.8 Å². The third-order valence-electron chi connectivity index (χ3n) is 2.25. The Morgan fingerprint density at radius 2 is 1.94 bits per heavy atom. The highest BCUT2D eigenvalue weighted by Gasteiger charge is 2.13. The van der Waals surface area contributed by atoms with Gasteiger partial charge in [0.25, 0.3) is 0 Å². The average Bonchev–Trinajstić information content (AvgIpc) is 2.74. The summed E-state index contributed by atoms with van der Waals surface area (Å²) in [5.74, 6) is 0.208. The monoisotopic (exact) mass is 257 g/mol. The van der Waals surface area contributed by atoms with Gasteiger partial charge in [-0.15, -0.1) is 12.4 Å². The molecule has 0 aliphatic carbocycles. The lowest BCUT2D eigenvalue weighted by atomic mass is 10.0. The molecule has 3 nitrogen and oxygen atoms in total. The molecule has 0 aliphatic heterocycles. The van der Waals surface area contributed by atoms with Gasteiger partial charge in [0.1, 0.15) is 11.5 Å². The summed E-state index contributed by atoms with van der Waals surface area (Å²) < 4.78 is 0. The summed E-state index contributed by atoms with van der Waals surface area (Å²) in [4.78, 5) is 0. The van der Waals surface area contributed by atoms with E-state index in [0.29, 0.717) is 5.56 Å². The van der Waals surface area contributed by atoms with Gasteiger partial charge < -0.3 is 15.9 Å². The van der Waals surface area contributed by atoms with E-state index in [2.05, 4.69) is 0 Å². The molecule has 1 aromatic carbocycles. The first kappa shape index (κ1) is 12.8. The van der Waals surface area contributed by atoms with Crippen LogP contribution in [-0.2, 0) is 0 Å². The van der Waals surface area contributed by atoms with Crippen molar-refractivity contribution >= 4 is 23.7 Å². The van der Waals surface area contributed by atoms with E-state index >= 15 is 0 Å². The Morgan fingerprint density at radius 3 is 2.56 bits per heavy atom. The highest BCUT2D eigenvalue weighted by atomic mass is 35.5. The van der Waals surface area contributed by atoms with Crippen LogP contribution in [0.3, 0.4) is 0 Å². The molecule has 0 amide bonds. The maximum atomic E-state index is 9.62. The number of thiophene rings is 1. The highest BCUT2D eigenvalue weighted by Crippen LogP contribution is 2.31. The first-order valence-corrected chi connectivity index (χ1v) is 5.42. The van der Waals surface area contributed by atoms with Crippen LogP contribution in [0.2, 0.25) is 0 Å². The van der Waals surface area contributed by atoms with Crippen LogP contribution in [0.4, 0.5) is 0 Å². The number of phenols is 2. The van der Waals surface area contributed by atoms with Crippen LogP contribution >= 0.6 is 23.7 Å². The van der Waals surface area contributed by atoms with Crippen molar-refractivity contribution in [1.29, 1.82) is 0 Å². The van der Waals surface area contributed by atoms with Gasteiger partial charge in [-0.1, -0.05) is 0 Å². The summed E-state index contributed by atoms with van der Waals surface area (Å²) in [5.41, 5.74) is 7.43. The summed E-state index contributed by atoms with van der Waals surface area (Å²) in [6.07, 6.45) is 0. The van der Waals surface area contributed by atoms with E-state index in [4.69, 9.17) is 5.73 Å². The fourth-order valence-corrected chi connectivity index (χ4v) is 2.12. The van der Waals surface area contributed by atoms with E-state index in [1.165, 1.54) is 18.2 Å². The van der Waals surface area contributed by atoms with E-state index < -0.39 is 6.04 Å². The first-order valence-electron chi connectivity index (χ1n) is 4.48. The van der Waals surface area contributed by atoms with E-state index in [9.17, 15) is 10.2 Å². The lowest BCUT2D eigenvalue weighted by Gasteiger charge is -2.12. The second-order valence-corrected chi connectivity index (χ2v) is 4.06. The van der Waals surface area contributed by atoms with Crippen LogP contribution in [-0.4, -0.2) is 10.2 Å². The van der Waals surface area contributed by atoms with Crippen molar-refractivity contribution in [3.8, 4) is 11.5 Å². The maximum absolute atomic E-state index is 9.62. The number of benzene rings is 1. The van der Waals surface area contributed by atoms with E-state index in [1.54, 1.807) is 11.3 Å².